The Labute approximate surface area is 98.4 Å². The summed E-state index contributed by atoms with van der Waals surface area (Å²) in [4.78, 5) is 20.8. The first kappa shape index (κ1) is 13.8. The van der Waals surface area contributed by atoms with Crippen molar-refractivity contribution in [3.05, 3.63) is 0 Å². The van der Waals surface area contributed by atoms with E-state index in [2.05, 4.69) is 4.74 Å². The van der Waals surface area contributed by atoms with Gasteiger partial charge < -0.3 is 13.3 Å². The summed E-state index contributed by atoms with van der Waals surface area (Å²) in [7, 11) is 0. The maximum atomic E-state index is 10.5. The molecule has 0 atom stereocenters. The van der Waals surface area contributed by atoms with E-state index in [1.807, 2.05) is 0 Å². The third-order valence-corrected chi connectivity index (χ3v) is 0.992. The Morgan fingerprint density at radius 3 is 1.91 bits per heavy atom. The van der Waals surface area contributed by atoms with Crippen LogP contribution < -0.4 is 5.73 Å². The standard InChI is InChI=1S/C6H11NO3.Ca.2H/c1-4(8)10-6(2,3)5(7)9;;;/h1-3H3,(H2,7,9);;;/q;+2;2*-1. The number of amides is 1. The molecule has 1 amide bonds. The molecule has 0 spiro atoms. The van der Waals surface area contributed by atoms with Gasteiger partial charge in [0.15, 0.2) is 5.60 Å². The zero-order valence-corrected chi connectivity index (χ0v) is 9.22. The van der Waals surface area contributed by atoms with Gasteiger partial charge in [-0.3, -0.25) is 9.59 Å². The van der Waals surface area contributed by atoms with Crippen LogP contribution in [-0.2, 0) is 14.3 Å². The first-order chi connectivity index (χ1) is 4.36. The van der Waals surface area contributed by atoms with Crippen molar-refractivity contribution in [2.45, 2.75) is 26.4 Å². The van der Waals surface area contributed by atoms with Gasteiger partial charge in [0.2, 0.25) is 0 Å². The number of rotatable bonds is 2. The largest absolute Gasteiger partial charge is 2.00 e. The van der Waals surface area contributed by atoms with Crippen LogP contribution in [0.5, 0.6) is 0 Å². The topological polar surface area (TPSA) is 69.4 Å². The van der Waals surface area contributed by atoms with Gasteiger partial charge in [0.05, 0.1) is 0 Å². The molecule has 0 radical (unpaired) electrons. The molecule has 0 aromatic heterocycles. The van der Waals surface area contributed by atoms with Gasteiger partial charge in [-0.15, -0.1) is 0 Å². The van der Waals surface area contributed by atoms with E-state index < -0.39 is 17.5 Å². The van der Waals surface area contributed by atoms with Crippen LogP contribution in [0.25, 0.3) is 0 Å². The van der Waals surface area contributed by atoms with E-state index in [-0.39, 0.29) is 40.6 Å². The first-order valence-corrected chi connectivity index (χ1v) is 2.86. The average molecular weight is 187 g/mol. The van der Waals surface area contributed by atoms with Crippen molar-refractivity contribution in [1.82, 2.24) is 0 Å². The van der Waals surface area contributed by atoms with Gasteiger partial charge in [-0.2, -0.15) is 0 Å². The van der Waals surface area contributed by atoms with Crippen molar-refractivity contribution >= 4 is 49.6 Å². The Hall–Kier alpha value is 0.200. The maximum absolute atomic E-state index is 10.5. The van der Waals surface area contributed by atoms with E-state index in [0.717, 1.165) is 0 Å². The maximum Gasteiger partial charge on any atom is 2.00 e. The molecular weight excluding hydrogens is 174 g/mol. The van der Waals surface area contributed by atoms with Crippen molar-refractivity contribution < 1.29 is 17.2 Å². The van der Waals surface area contributed by atoms with Crippen molar-refractivity contribution in [3.8, 4) is 0 Å². The molecular formula is C6H13CaNO3. The SMILES string of the molecule is CC(=O)OC(C)(C)C(N)=O.[Ca+2].[H-].[H-]. The van der Waals surface area contributed by atoms with Gasteiger partial charge in [0.1, 0.15) is 0 Å². The quantitative estimate of drug-likeness (QED) is 0.475. The number of esters is 1. The van der Waals surface area contributed by atoms with Crippen LogP contribution in [0.15, 0.2) is 0 Å². The minimum Gasteiger partial charge on any atom is -1.00 e. The molecule has 0 aromatic carbocycles. The molecule has 4 nitrogen and oxygen atoms in total. The summed E-state index contributed by atoms with van der Waals surface area (Å²) in [5, 5.41) is 0. The van der Waals surface area contributed by atoms with Crippen LogP contribution in [0.3, 0.4) is 0 Å². The molecule has 5 heteroatoms. The Bertz CT molecular complexity index is 175. The molecule has 0 aliphatic carbocycles. The zero-order chi connectivity index (χ0) is 8.36. The van der Waals surface area contributed by atoms with E-state index in [1.165, 1.54) is 20.8 Å². The molecule has 0 aromatic rings. The van der Waals surface area contributed by atoms with Crippen molar-refractivity contribution in [2.75, 3.05) is 0 Å². The predicted molar refractivity (Wildman–Crippen MR) is 43.0 cm³/mol. The molecule has 0 fully saturated rings. The summed E-state index contributed by atoms with van der Waals surface area (Å²) in [6, 6.07) is 0. The van der Waals surface area contributed by atoms with Crippen LogP contribution in [-0.4, -0.2) is 55.2 Å². The van der Waals surface area contributed by atoms with E-state index in [1.54, 1.807) is 0 Å². The normalized spacial score (nSPS) is 9.73. The molecule has 0 aliphatic heterocycles. The molecule has 0 unspecified atom stereocenters. The summed E-state index contributed by atoms with van der Waals surface area (Å²) in [6.45, 7) is 4.11. The third-order valence-electron chi connectivity index (χ3n) is 0.992. The Balaban J connectivity index is -0.000000135. The molecule has 0 bridgehead atoms. The van der Waals surface area contributed by atoms with Gasteiger partial charge in [-0.1, -0.05) is 0 Å². The van der Waals surface area contributed by atoms with Crippen LogP contribution in [0.2, 0.25) is 0 Å². The van der Waals surface area contributed by atoms with E-state index >= 15 is 0 Å². The van der Waals surface area contributed by atoms with Crippen molar-refractivity contribution in [3.63, 3.8) is 0 Å². The molecule has 62 valence electrons. The van der Waals surface area contributed by atoms with Crippen LogP contribution in [0.4, 0.5) is 0 Å². The monoisotopic (exact) mass is 187 g/mol. The second kappa shape index (κ2) is 4.95. The number of primary amides is 1. The summed E-state index contributed by atoms with van der Waals surface area (Å²) >= 11 is 0. The first-order valence-electron chi connectivity index (χ1n) is 2.86. The third kappa shape index (κ3) is 5.47. The van der Waals surface area contributed by atoms with E-state index in [4.69, 9.17) is 5.73 Å². The Morgan fingerprint density at radius 2 is 1.82 bits per heavy atom. The number of ether oxygens (including phenoxy) is 1. The number of hydrogen-bond acceptors (Lipinski definition) is 3. The minimum atomic E-state index is -1.19. The number of carbonyl (C=O) groups is 2. The summed E-state index contributed by atoms with van der Waals surface area (Å²) in [5.74, 6) is -1.16. The summed E-state index contributed by atoms with van der Waals surface area (Å²) < 4.78 is 4.59. The molecule has 0 rings (SSSR count). The number of nitrogens with two attached hydrogens (primary N) is 1. The van der Waals surface area contributed by atoms with Gasteiger partial charge in [-0.25, -0.2) is 0 Å². The fourth-order valence-electron chi connectivity index (χ4n) is 0.410. The molecule has 0 saturated carbocycles. The molecule has 2 N–H and O–H groups in total. The number of hydrogen-bond donors (Lipinski definition) is 1. The van der Waals surface area contributed by atoms with Crippen LogP contribution >= 0.6 is 0 Å². The van der Waals surface area contributed by atoms with Crippen LogP contribution in [0.1, 0.15) is 23.6 Å². The average Bonchev–Trinajstić information content (AvgIpc) is 1.60. The van der Waals surface area contributed by atoms with Crippen molar-refractivity contribution in [1.29, 1.82) is 0 Å². The minimum absolute atomic E-state index is 0. The molecule has 0 saturated heterocycles. The zero-order valence-electron chi connectivity index (χ0n) is 9.01. The Kier molecular flexibility index (Phi) is 6.20. The van der Waals surface area contributed by atoms with E-state index in [9.17, 15) is 9.59 Å². The van der Waals surface area contributed by atoms with Crippen LogP contribution in [0, 0.1) is 0 Å². The van der Waals surface area contributed by atoms with Gasteiger partial charge >= 0.3 is 43.7 Å². The molecule has 11 heavy (non-hydrogen) atoms. The summed E-state index contributed by atoms with van der Waals surface area (Å²) in [6.07, 6.45) is 0. The van der Waals surface area contributed by atoms with E-state index in [0.29, 0.717) is 0 Å². The molecule has 0 heterocycles. The molecule has 0 aliphatic rings. The van der Waals surface area contributed by atoms with Crippen molar-refractivity contribution in [2.24, 2.45) is 5.73 Å². The fraction of sp³-hybridized carbons (Fsp3) is 0.667. The Morgan fingerprint density at radius 1 is 1.45 bits per heavy atom. The smallest absolute Gasteiger partial charge is 1.00 e. The fourth-order valence-corrected chi connectivity index (χ4v) is 0.410. The van der Waals surface area contributed by atoms with Gasteiger partial charge in [0, 0.05) is 6.92 Å². The second-order valence-corrected chi connectivity index (χ2v) is 2.47. The summed E-state index contributed by atoms with van der Waals surface area (Å²) in [5.41, 5.74) is 3.71. The predicted octanol–water partition coefficient (Wildman–Crippen LogP) is -0.342. The number of carbonyl (C=O) groups excluding carboxylic acids is 2. The van der Waals surface area contributed by atoms with Gasteiger partial charge in [-0.05, 0) is 13.8 Å². The second-order valence-electron chi connectivity index (χ2n) is 2.47. The van der Waals surface area contributed by atoms with Gasteiger partial charge in [0.25, 0.3) is 5.91 Å².